The van der Waals surface area contributed by atoms with E-state index >= 15 is 0 Å². The molecule has 2 amide bonds. The van der Waals surface area contributed by atoms with E-state index in [1.54, 1.807) is 13.8 Å². The highest BCUT2D eigenvalue weighted by molar-refractivity contribution is 5.97. The molecule has 0 saturated carbocycles. The molecule has 2 aromatic rings. The fourth-order valence-corrected chi connectivity index (χ4v) is 3.32. The van der Waals surface area contributed by atoms with Crippen LogP contribution in [0.25, 0.3) is 0 Å². The number of alkyl halides is 6. The van der Waals surface area contributed by atoms with Gasteiger partial charge in [0.05, 0.1) is 11.3 Å². The second-order valence-corrected chi connectivity index (χ2v) is 8.20. The number of nitrogens with one attached hydrogen (secondary N) is 1. The molecule has 2 N–H and O–H groups in total. The summed E-state index contributed by atoms with van der Waals surface area (Å²) in [6.45, 7) is 1.01. The Morgan fingerprint density at radius 2 is 1.66 bits per heavy atom. The monoisotopic (exact) mass is 554 g/mol. The topological polar surface area (TPSA) is 124 Å². The van der Waals surface area contributed by atoms with Gasteiger partial charge < -0.3 is 14.9 Å². The highest BCUT2D eigenvalue weighted by Crippen LogP contribution is 2.21. The number of hydrogen-bond acceptors (Lipinski definition) is 5. The summed E-state index contributed by atoms with van der Waals surface area (Å²) in [6.07, 6.45) is -9.39. The molecule has 2 heterocycles. The zero-order valence-corrected chi connectivity index (χ0v) is 19.8. The SMILES string of the molecule is Cc1c(Cc2ccc(F)c(C(=O)N3CCN(CC(F)(F)F)C(=O)C3)c2)n[nH]c(=O)c1C.O=C(O)C(F)(F)F. The Hall–Kier alpha value is -3.98. The first kappa shape index (κ1) is 30.2. The molecule has 0 radical (unpaired) electrons. The summed E-state index contributed by atoms with van der Waals surface area (Å²) in [5.41, 5.74) is 1.68. The molecular formula is C22H21F7N4O5. The number of aromatic amines is 1. The number of aliphatic carboxylic acids is 1. The van der Waals surface area contributed by atoms with Gasteiger partial charge in [-0.1, -0.05) is 6.07 Å². The number of hydrogen-bond donors (Lipinski definition) is 2. The van der Waals surface area contributed by atoms with Crippen molar-refractivity contribution in [2.24, 2.45) is 0 Å². The number of piperazine rings is 1. The van der Waals surface area contributed by atoms with Crippen LogP contribution >= 0.6 is 0 Å². The fraction of sp³-hybridized carbons (Fsp3) is 0.409. The molecule has 208 valence electrons. The van der Waals surface area contributed by atoms with E-state index in [9.17, 15) is 45.1 Å². The average molecular weight is 554 g/mol. The van der Waals surface area contributed by atoms with Crippen molar-refractivity contribution in [3.63, 3.8) is 0 Å². The Morgan fingerprint density at radius 3 is 2.18 bits per heavy atom. The highest BCUT2D eigenvalue weighted by atomic mass is 19.4. The molecule has 9 nitrogen and oxygen atoms in total. The normalized spacial score (nSPS) is 14.2. The van der Waals surface area contributed by atoms with E-state index in [0.717, 1.165) is 11.0 Å². The lowest BCUT2D eigenvalue weighted by atomic mass is 10.0. The van der Waals surface area contributed by atoms with Gasteiger partial charge >= 0.3 is 18.3 Å². The summed E-state index contributed by atoms with van der Waals surface area (Å²) < 4.78 is 83.7. The Labute approximate surface area is 209 Å². The van der Waals surface area contributed by atoms with Crippen LogP contribution in [-0.2, 0) is 16.0 Å². The minimum absolute atomic E-state index is 0.135. The minimum Gasteiger partial charge on any atom is -0.475 e. The van der Waals surface area contributed by atoms with Crippen LogP contribution < -0.4 is 5.56 Å². The minimum atomic E-state index is -5.08. The molecule has 38 heavy (non-hydrogen) atoms. The maximum Gasteiger partial charge on any atom is 0.490 e. The van der Waals surface area contributed by atoms with E-state index in [1.807, 2.05) is 0 Å². The van der Waals surface area contributed by atoms with E-state index < -0.39 is 49.0 Å². The molecule has 1 fully saturated rings. The molecule has 0 bridgehead atoms. The van der Waals surface area contributed by atoms with Crippen LogP contribution in [0.15, 0.2) is 23.0 Å². The van der Waals surface area contributed by atoms with Crippen molar-refractivity contribution in [1.29, 1.82) is 0 Å². The predicted molar refractivity (Wildman–Crippen MR) is 116 cm³/mol. The maximum absolute atomic E-state index is 14.4. The third-order valence-electron chi connectivity index (χ3n) is 5.48. The van der Waals surface area contributed by atoms with Gasteiger partial charge in [0.25, 0.3) is 11.5 Å². The van der Waals surface area contributed by atoms with Gasteiger partial charge in [-0.15, -0.1) is 0 Å². The first-order valence-electron chi connectivity index (χ1n) is 10.7. The Balaban J connectivity index is 0.000000638. The van der Waals surface area contributed by atoms with Crippen LogP contribution in [0.2, 0.25) is 0 Å². The van der Waals surface area contributed by atoms with E-state index in [0.29, 0.717) is 27.3 Å². The van der Waals surface area contributed by atoms with Gasteiger partial charge in [-0.25, -0.2) is 14.3 Å². The molecule has 1 aliphatic rings. The van der Waals surface area contributed by atoms with E-state index in [1.165, 1.54) is 12.1 Å². The molecular weight excluding hydrogens is 533 g/mol. The van der Waals surface area contributed by atoms with Gasteiger partial charge in [0.2, 0.25) is 5.91 Å². The second-order valence-electron chi connectivity index (χ2n) is 8.20. The smallest absolute Gasteiger partial charge is 0.475 e. The first-order chi connectivity index (χ1) is 17.4. The number of halogens is 7. The van der Waals surface area contributed by atoms with Crippen molar-refractivity contribution >= 4 is 17.8 Å². The Kier molecular flexibility index (Phi) is 9.23. The molecule has 1 saturated heterocycles. The Bertz CT molecular complexity index is 1270. The third-order valence-corrected chi connectivity index (χ3v) is 5.48. The molecule has 0 aliphatic carbocycles. The Morgan fingerprint density at radius 1 is 1.05 bits per heavy atom. The van der Waals surface area contributed by atoms with E-state index in [4.69, 9.17) is 9.90 Å². The van der Waals surface area contributed by atoms with Gasteiger partial charge in [0.1, 0.15) is 18.9 Å². The van der Waals surface area contributed by atoms with Gasteiger partial charge in [0, 0.05) is 25.1 Å². The predicted octanol–water partition coefficient (Wildman–Crippen LogP) is 2.60. The maximum atomic E-state index is 14.4. The zero-order chi connectivity index (χ0) is 29.0. The molecule has 1 aliphatic heterocycles. The third kappa shape index (κ3) is 8.01. The summed E-state index contributed by atoms with van der Waals surface area (Å²) in [5, 5.41) is 13.5. The molecule has 1 aromatic heterocycles. The van der Waals surface area contributed by atoms with Crippen LogP contribution in [0, 0.1) is 19.7 Å². The number of nitrogens with zero attached hydrogens (tertiary/aromatic N) is 3. The van der Waals surface area contributed by atoms with Crippen molar-refractivity contribution < 1.29 is 50.2 Å². The number of carbonyl (C=O) groups excluding carboxylic acids is 2. The van der Waals surface area contributed by atoms with Crippen molar-refractivity contribution in [2.45, 2.75) is 32.6 Å². The van der Waals surface area contributed by atoms with Crippen LogP contribution in [0.3, 0.4) is 0 Å². The summed E-state index contributed by atoms with van der Waals surface area (Å²) in [4.78, 5) is 46.9. The van der Waals surface area contributed by atoms with Crippen molar-refractivity contribution in [1.82, 2.24) is 20.0 Å². The van der Waals surface area contributed by atoms with Crippen molar-refractivity contribution in [3.8, 4) is 0 Å². The van der Waals surface area contributed by atoms with Gasteiger partial charge in [-0.05, 0) is 37.1 Å². The summed E-state index contributed by atoms with van der Waals surface area (Å²) >= 11 is 0. The van der Waals surface area contributed by atoms with E-state index in [2.05, 4.69) is 10.2 Å². The van der Waals surface area contributed by atoms with E-state index in [-0.39, 0.29) is 30.6 Å². The number of carboxylic acids is 1. The molecule has 3 rings (SSSR count). The van der Waals surface area contributed by atoms with Crippen LogP contribution in [0.5, 0.6) is 0 Å². The zero-order valence-electron chi connectivity index (χ0n) is 19.8. The lowest BCUT2D eigenvalue weighted by Crippen LogP contribution is -2.54. The number of rotatable bonds is 4. The fourth-order valence-electron chi connectivity index (χ4n) is 3.32. The summed E-state index contributed by atoms with van der Waals surface area (Å²) in [7, 11) is 0. The van der Waals surface area contributed by atoms with Gasteiger partial charge in [-0.3, -0.25) is 14.4 Å². The molecule has 16 heteroatoms. The van der Waals surface area contributed by atoms with Crippen LogP contribution in [0.4, 0.5) is 30.7 Å². The average Bonchev–Trinajstić information content (AvgIpc) is 2.80. The van der Waals surface area contributed by atoms with Crippen LogP contribution in [0.1, 0.15) is 32.7 Å². The van der Waals surface area contributed by atoms with Crippen LogP contribution in [-0.4, -0.2) is 81.4 Å². The highest BCUT2D eigenvalue weighted by Gasteiger charge is 2.38. The van der Waals surface area contributed by atoms with Gasteiger partial charge in [0.15, 0.2) is 0 Å². The largest absolute Gasteiger partial charge is 0.490 e. The number of H-pyrrole nitrogens is 1. The molecule has 0 atom stereocenters. The quantitative estimate of drug-likeness (QED) is 0.561. The number of benzene rings is 1. The number of carbonyl (C=O) groups is 3. The lowest BCUT2D eigenvalue weighted by Gasteiger charge is -2.34. The summed E-state index contributed by atoms with van der Waals surface area (Å²) in [6, 6.07) is 3.91. The number of amides is 2. The standard InChI is InChI=1S/C20H20F4N4O3.C2HF3O2/c1-11-12(2)18(30)26-25-16(11)8-13-3-4-15(21)14(7-13)19(31)27-5-6-28(17(29)9-27)10-20(22,23)24;3-2(4,5)1(6)7/h3-4,7H,5-6,8-10H2,1-2H3,(H,26,30);(H,6,7). The first-order valence-corrected chi connectivity index (χ1v) is 10.7. The molecule has 0 unspecified atom stereocenters. The molecule has 0 spiro atoms. The second kappa shape index (κ2) is 11.6. The van der Waals surface area contributed by atoms with Gasteiger partial charge in [-0.2, -0.15) is 31.4 Å². The lowest BCUT2D eigenvalue weighted by molar-refractivity contribution is -0.192. The van der Waals surface area contributed by atoms with Crippen molar-refractivity contribution in [2.75, 3.05) is 26.2 Å². The number of carboxylic acid groups (broad SMARTS) is 1. The summed E-state index contributed by atoms with van der Waals surface area (Å²) in [5.74, 6) is -5.19. The van der Waals surface area contributed by atoms with Crippen molar-refractivity contribution in [3.05, 3.63) is 62.3 Å². The number of aromatic nitrogens is 2. The molecule has 1 aromatic carbocycles.